The van der Waals surface area contributed by atoms with Crippen molar-refractivity contribution in [2.24, 2.45) is 5.92 Å². The van der Waals surface area contributed by atoms with Crippen LogP contribution >= 0.6 is 0 Å². The van der Waals surface area contributed by atoms with E-state index in [4.69, 9.17) is 0 Å². The van der Waals surface area contributed by atoms with Crippen LogP contribution in [0.15, 0.2) is 24.5 Å². The number of aryl methyl sites for hydroxylation is 1. The molecule has 21 heavy (non-hydrogen) atoms. The maximum Gasteiger partial charge on any atom is 0.222 e. The van der Waals surface area contributed by atoms with Gasteiger partial charge in [-0.05, 0) is 37.3 Å². The number of amides is 1. The summed E-state index contributed by atoms with van der Waals surface area (Å²) in [6.45, 7) is 1.45. The predicted octanol–water partition coefficient (Wildman–Crippen LogP) is 2.17. The van der Waals surface area contributed by atoms with Crippen LogP contribution in [0.4, 0.5) is 0 Å². The molecular formula is C17H24N2O2. The molecule has 1 aromatic rings. The number of likely N-dealkylation sites (tertiary alicyclic amines) is 1. The first-order valence-corrected chi connectivity index (χ1v) is 8.06. The summed E-state index contributed by atoms with van der Waals surface area (Å²) in [5, 5.41) is 10.7. The molecule has 1 aliphatic carbocycles. The summed E-state index contributed by atoms with van der Waals surface area (Å²) < 4.78 is 0. The molecule has 1 saturated carbocycles. The van der Waals surface area contributed by atoms with Gasteiger partial charge >= 0.3 is 0 Å². The number of carbonyl (C=O) groups excluding carboxylic acids is 1. The minimum absolute atomic E-state index is 0.214. The van der Waals surface area contributed by atoms with Crippen LogP contribution in [0.2, 0.25) is 0 Å². The third kappa shape index (κ3) is 3.26. The van der Waals surface area contributed by atoms with Crippen molar-refractivity contribution in [1.29, 1.82) is 0 Å². The number of nitrogens with zero attached hydrogens (tertiary/aromatic N) is 2. The number of hydrogen-bond acceptors (Lipinski definition) is 3. The molecular weight excluding hydrogens is 264 g/mol. The molecule has 1 aliphatic heterocycles. The van der Waals surface area contributed by atoms with Crippen molar-refractivity contribution >= 4 is 5.91 Å². The second kappa shape index (κ2) is 6.14. The van der Waals surface area contributed by atoms with Crippen molar-refractivity contribution in [1.82, 2.24) is 9.88 Å². The second-order valence-corrected chi connectivity index (χ2v) is 6.50. The summed E-state index contributed by atoms with van der Waals surface area (Å²) in [6, 6.07) is 3.92. The maximum absolute atomic E-state index is 12.4. The van der Waals surface area contributed by atoms with E-state index in [-0.39, 0.29) is 11.8 Å². The first-order chi connectivity index (χ1) is 10.2. The first-order valence-electron chi connectivity index (χ1n) is 8.06. The van der Waals surface area contributed by atoms with E-state index in [0.717, 1.165) is 44.2 Å². The molecule has 2 fully saturated rings. The minimum Gasteiger partial charge on any atom is -0.389 e. The van der Waals surface area contributed by atoms with Crippen LogP contribution in [-0.2, 0) is 11.2 Å². The number of carbonyl (C=O) groups is 1. The lowest BCUT2D eigenvalue weighted by Gasteiger charge is -2.47. The molecule has 114 valence electrons. The fourth-order valence-electron chi connectivity index (χ4n) is 3.75. The van der Waals surface area contributed by atoms with Crippen molar-refractivity contribution in [3.05, 3.63) is 30.1 Å². The number of pyridine rings is 1. The molecule has 2 unspecified atom stereocenters. The molecule has 1 amide bonds. The predicted molar refractivity (Wildman–Crippen MR) is 80.7 cm³/mol. The summed E-state index contributed by atoms with van der Waals surface area (Å²) in [6.07, 6.45) is 9.89. The van der Waals surface area contributed by atoms with E-state index in [2.05, 4.69) is 4.98 Å². The van der Waals surface area contributed by atoms with E-state index in [0.29, 0.717) is 13.0 Å². The molecule has 2 atom stereocenters. The fraction of sp³-hybridized carbons (Fsp3) is 0.647. The molecule has 4 nitrogen and oxygen atoms in total. The quantitative estimate of drug-likeness (QED) is 0.927. The number of rotatable bonds is 3. The van der Waals surface area contributed by atoms with Crippen molar-refractivity contribution in [3.8, 4) is 0 Å². The van der Waals surface area contributed by atoms with Crippen molar-refractivity contribution in [3.63, 3.8) is 0 Å². The molecule has 2 aliphatic rings. The minimum atomic E-state index is -0.502. The van der Waals surface area contributed by atoms with E-state index in [1.54, 1.807) is 6.20 Å². The molecule has 1 saturated heterocycles. The zero-order valence-corrected chi connectivity index (χ0v) is 12.5. The Balaban J connectivity index is 1.54. The smallest absolute Gasteiger partial charge is 0.222 e. The molecule has 2 heterocycles. The van der Waals surface area contributed by atoms with Crippen molar-refractivity contribution in [2.75, 3.05) is 13.1 Å². The van der Waals surface area contributed by atoms with E-state index >= 15 is 0 Å². The normalized spacial score (nSPS) is 29.0. The van der Waals surface area contributed by atoms with E-state index in [1.807, 2.05) is 23.2 Å². The number of aromatic nitrogens is 1. The SMILES string of the molecule is O=C(CCc1cccnc1)N1CCC2(O)CCCCC2C1. The van der Waals surface area contributed by atoms with Gasteiger partial charge in [-0.15, -0.1) is 0 Å². The fourth-order valence-corrected chi connectivity index (χ4v) is 3.75. The van der Waals surface area contributed by atoms with Gasteiger partial charge in [0, 0.05) is 37.8 Å². The van der Waals surface area contributed by atoms with E-state index < -0.39 is 5.60 Å². The van der Waals surface area contributed by atoms with E-state index in [9.17, 15) is 9.90 Å². The third-order valence-electron chi connectivity index (χ3n) is 5.13. The van der Waals surface area contributed by atoms with Gasteiger partial charge in [-0.3, -0.25) is 9.78 Å². The van der Waals surface area contributed by atoms with Gasteiger partial charge in [0.2, 0.25) is 5.91 Å². The van der Waals surface area contributed by atoms with Crippen LogP contribution in [0.1, 0.15) is 44.1 Å². The summed E-state index contributed by atoms with van der Waals surface area (Å²) in [7, 11) is 0. The van der Waals surface area contributed by atoms with Crippen molar-refractivity contribution < 1.29 is 9.90 Å². The number of fused-ring (bicyclic) bond motifs is 1. The van der Waals surface area contributed by atoms with Crippen LogP contribution in [0.25, 0.3) is 0 Å². The van der Waals surface area contributed by atoms with E-state index in [1.165, 1.54) is 6.42 Å². The molecule has 4 heteroatoms. The van der Waals surface area contributed by atoms with Crippen LogP contribution in [-0.4, -0.2) is 39.6 Å². The maximum atomic E-state index is 12.4. The standard InChI is InChI=1S/C17H24N2O2/c20-16(7-6-14-4-3-10-18-12-14)19-11-9-17(21)8-2-1-5-15(17)13-19/h3-4,10,12,15,21H,1-2,5-9,11,13H2. The summed E-state index contributed by atoms with van der Waals surface area (Å²) in [4.78, 5) is 18.4. The Bertz CT molecular complexity index is 491. The highest BCUT2D eigenvalue weighted by molar-refractivity contribution is 5.76. The van der Waals surface area contributed by atoms with Gasteiger partial charge in [-0.2, -0.15) is 0 Å². The summed E-state index contributed by atoms with van der Waals surface area (Å²) in [5.74, 6) is 0.494. The Kier molecular flexibility index (Phi) is 4.24. The highest BCUT2D eigenvalue weighted by Gasteiger charge is 2.43. The average Bonchev–Trinajstić information content (AvgIpc) is 2.52. The Morgan fingerprint density at radius 1 is 1.43 bits per heavy atom. The number of piperidine rings is 1. The lowest BCUT2D eigenvalue weighted by atomic mass is 9.71. The zero-order chi connectivity index (χ0) is 14.7. The Hall–Kier alpha value is -1.42. The van der Waals surface area contributed by atoms with Crippen LogP contribution in [0, 0.1) is 5.92 Å². The lowest BCUT2D eigenvalue weighted by molar-refractivity contribution is -0.143. The largest absolute Gasteiger partial charge is 0.389 e. The number of hydrogen-bond donors (Lipinski definition) is 1. The monoisotopic (exact) mass is 288 g/mol. The van der Waals surface area contributed by atoms with Gasteiger partial charge in [0.25, 0.3) is 0 Å². The van der Waals surface area contributed by atoms with Crippen LogP contribution < -0.4 is 0 Å². The zero-order valence-electron chi connectivity index (χ0n) is 12.5. The lowest BCUT2D eigenvalue weighted by Crippen LogP contribution is -2.54. The van der Waals surface area contributed by atoms with Gasteiger partial charge in [-0.25, -0.2) is 0 Å². The van der Waals surface area contributed by atoms with Gasteiger partial charge in [0.1, 0.15) is 0 Å². The first kappa shape index (κ1) is 14.5. The molecule has 1 N–H and O–H groups in total. The van der Waals surface area contributed by atoms with Gasteiger partial charge in [-0.1, -0.05) is 18.9 Å². The average molecular weight is 288 g/mol. The van der Waals surface area contributed by atoms with Gasteiger partial charge < -0.3 is 10.0 Å². The molecule has 3 rings (SSSR count). The highest BCUT2D eigenvalue weighted by atomic mass is 16.3. The highest BCUT2D eigenvalue weighted by Crippen LogP contribution is 2.39. The molecule has 0 radical (unpaired) electrons. The third-order valence-corrected chi connectivity index (χ3v) is 5.13. The van der Waals surface area contributed by atoms with Crippen molar-refractivity contribution in [2.45, 2.75) is 50.5 Å². The number of aliphatic hydroxyl groups is 1. The Morgan fingerprint density at radius 2 is 2.33 bits per heavy atom. The molecule has 0 bridgehead atoms. The Morgan fingerprint density at radius 3 is 3.14 bits per heavy atom. The molecule has 0 spiro atoms. The van der Waals surface area contributed by atoms with Gasteiger partial charge in [0.05, 0.1) is 5.60 Å². The molecule has 0 aromatic carbocycles. The van der Waals surface area contributed by atoms with Crippen LogP contribution in [0.5, 0.6) is 0 Å². The molecule has 1 aromatic heterocycles. The van der Waals surface area contributed by atoms with Crippen LogP contribution in [0.3, 0.4) is 0 Å². The summed E-state index contributed by atoms with van der Waals surface area (Å²) >= 11 is 0. The Labute approximate surface area is 126 Å². The van der Waals surface area contributed by atoms with Gasteiger partial charge in [0.15, 0.2) is 0 Å². The topological polar surface area (TPSA) is 53.4 Å². The summed E-state index contributed by atoms with van der Waals surface area (Å²) in [5.41, 5.74) is 0.607. The second-order valence-electron chi connectivity index (χ2n) is 6.50.